The van der Waals surface area contributed by atoms with Crippen molar-refractivity contribution < 1.29 is 24.2 Å². The van der Waals surface area contributed by atoms with Gasteiger partial charge in [0.05, 0.1) is 24.4 Å². The Labute approximate surface area is 136 Å². The molecule has 4 rings (SSSR count). The van der Waals surface area contributed by atoms with Crippen LogP contribution in [0.4, 0.5) is 0 Å². The first-order valence-corrected chi connectivity index (χ1v) is 8.70. The van der Waals surface area contributed by atoms with E-state index < -0.39 is 5.97 Å². The molecule has 0 aromatic rings. The van der Waals surface area contributed by atoms with Gasteiger partial charge in [-0.15, -0.1) is 0 Å². The number of carbonyl (C=O) groups excluding carboxylic acids is 1. The normalized spacial score (nSPS) is 39.0. The molecule has 0 aliphatic heterocycles. The van der Waals surface area contributed by atoms with E-state index >= 15 is 0 Å². The Morgan fingerprint density at radius 3 is 2.41 bits per heavy atom. The number of thiol groups is 1. The maximum atomic E-state index is 11.3. The second-order valence-electron chi connectivity index (χ2n) is 7.44. The predicted molar refractivity (Wildman–Crippen MR) is 82.9 cm³/mol. The average molecular weight is 328 g/mol. The van der Waals surface area contributed by atoms with Crippen molar-refractivity contribution in [1.29, 1.82) is 0 Å². The number of carboxylic acids is 1. The first-order chi connectivity index (χ1) is 10.4. The molecular formula is C16H24O5S. The standard InChI is InChI=1S/C16H24O5S/c17-13(18)8-15-4-11-3-12(5-15)7-16(6-11,10-15)21-2-1-20-14(19)9-22/h11-12,22H,1-10H2,(H,17,18). The molecule has 0 aromatic heterocycles. The van der Waals surface area contributed by atoms with Crippen LogP contribution in [0.3, 0.4) is 0 Å². The molecule has 4 aliphatic carbocycles. The van der Waals surface area contributed by atoms with Gasteiger partial charge in [0, 0.05) is 0 Å². The molecule has 4 fully saturated rings. The molecule has 2 unspecified atom stereocenters. The number of esters is 1. The van der Waals surface area contributed by atoms with E-state index in [1.807, 2.05) is 0 Å². The number of carbonyl (C=O) groups is 2. The molecule has 22 heavy (non-hydrogen) atoms. The molecular weight excluding hydrogens is 304 g/mol. The summed E-state index contributed by atoms with van der Waals surface area (Å²) in [5.41, 5.74) is -0.259. The molecule has 0 radical (unpaired) electrons. The lowest BCUT2D eigenvalue weighted by molar-refractivity contribution is -0.202. The van der Waals surface area contributed by atoms with E-state index in [9.17, 15) is 14.7 Å². The van der Waals surface area contributed by atoms with Crippen molar-refractivity contribution in [3.05, 3.63) is 0 Å². The van der Waals surface area contributed by atoms with Crippen LogP contribution in [0.2, 0.25) is 0 Å². The second kappa shape index (κ2) is 6.04. The summed E-state index contributed by atoms with van der Waals surface area (Å²) in [5, 5.41) is 9.25. The minimum absolute atomic E-state index is 0.0717. The Morgan fingerprint density at radius 2 is 1.82 bits per heavy atom. The Balaban J connectivity index is 1.61. The third-order valence-corrected chi connectivity index (χ3v) is 5.80. The molecule has 0 heterocycles. The third-order valence-electron chi connectivity index (χ3n) is 5.54. The summed E-state index contributed by atoms with van der Waals surface area (Å²) in [4.78, 5) is 22.3. The first kappa shape index (κ1) is 16.1. The lowest BCUT2D eigenvalue weighted by Crippen LogP contribution is -2.57. The van der Waals surface area contributed by atoms with Gasteiger partial charge in [-0.1, -0.05) is 0 Å². The van der Waals surface area contributed by atoms with Crippen LogP contribution in [-0.2, 0) is 19.1 Å². The summed E-state index contributed by atoms with van der Waals surface area (Å²) < 4.78 is 11.2. The van der Waals surface area contributed by atoms with Crippen LogP contribution >= 0.6 is 12.6 Å². The van der Waals surface area contributed by atoms with E-state index in [-0.39, 0.29) is 35.8 Å². The molecule has 0 aromatic carbocycles. The Morgan fingerprint density at radius 1 is 1.14 bits per heavy atom. The molecule has 0 amide bonds. The first-order valence-electron chi connectivity index (χ1n) is 8.07. The Kier molecular flexibility index (Phi) is 4.42. The van der Waals surface area contributed by atoms with Gasteiger partial charge in [-0.2, -0.15) is 12.6 Å². The smallest absolute Gasteiger partial charge is 0.315 e. The maximum absolute atomic E-state index is 11.3. The van der Waals surface area contributed by atoms with Gasteiger partial charge in [0.15, 0.2) is 0 Å². The zero-order valence-electron chi connectivity index (χ0n) is 12.8. The number of carboxylic acid groups (broad SMARTS) is 1. The lowest BCUT2D eigenvalue weighted by atomic mass is 9.47. The van der Waals surface area contributed by atoms with Crippen molar-refractivity contribution in [2.45, 2.75) is 50.5 Å². The number of ether oxygens (including phenoxy) is 2. The fourth-order valence-electron chi connectivity index (χ4n) is 5.52. The zero-order valence-corrected chi connectivity index (χ0v) is 13.6. The van der Waals surface area contributed by atoms with E-state index in [0.717, 1.165) is 32.1 Å². The largest absolute Gasteiger partial charge is 0.481 e. The molecule has 5 nitrogen and oxygen atoms in total. The Hall–Kier alpha value is -0.750. The number of hydrogen-bond acceptors (Lipinski definition) is 5. The van der Waals surface area contributed by atoms with Crippen LogP contribution in [0.1, 0.15) is 44.9 Å². The fourth-order valence-corrected chi connectivity index (χ4v) is 5.61. The topological polar surface area (TPSA) is 72.8 Å². The maximum Gasteiger partial charge on any atom is 0.315 e. The summed E-state index contributed by atoms with van der Waals surface area (Å²) in [6.07, 6.45) is 6.47. The molecule has 4 bridgehead atoms. The zero-order chi connectivity index (χ0) is 15.8. The van der Waals surface area contributed by atoms with Crippen LogP contribution in [0.5, 0.6) is 0 Å². The van der Waals surface area contributed by atoms with E-state index in [0.29, 0.717) is 18.4 Å². The van der Waals surface area contributed by atoms with E-state index in [1.165, 1.54) is 6.42 Å². The van der Waals surface area contributed by atoms with Gasteiger partial charge in [0.2, 0.25) is 0 Å². The summed E-state index contributed by atoms with van der Waals surface area (Å²) in [6.45, 7) is 0.643. The van der Waals surface area contributed by atoms with Gasteiger partial charge < -0.3 is 14.6 Å². The van der Waals surface area contributed by atoms with Crippen molar-refractivity contribution in [1.82, 2.24) is 0 Å². The highest BCUT2D eigenvalue weighted by Crippen LogP contribution is 2.63. The van der Waals surface area contributed by atoms with Gasteiger partial charge in [0.25, 0.3) is 0 Å². The van der Waals surface area contributed by atoms with Crippen LogP contribution < -0.4 is 0 Å². The number of rotatable bonds is 7. The molecule has 6 heteroatoms. The highest BCUT2D eigenvalue weighted by Gasteiger charge is 2.58. The highest BCUT2D eigenvalue weighted by molar-refractivity contribution is 7.81. The molecule has 1 N–H and O–H groups in total. The average Bonchev–Trinajstić information content (AvgIpc) is 2.40. The van der Waals surface area contributed by atoms with E-state index in [1.54, 1.807) is 0 Å². The van der Waals surface area contributed by atoms with Gasteiger partial charge in [-0.3, -0.25) is 9.59 Å². The third kappa shape index (κ3) is 3.27. The summed E-state index contributed by atoms with van der Waals surface area (Å²) in [6, 6.07) is 0. The fraction of sp³-hybridized carbons (Fsp3) is 0.875. The number of aliphatic carboxylic acids is 1. The van der Waals surface area contributed by atoms with Crippen LogP contribution in [0.15, 0.2) is 0 Å². The monoisotopic (exact) mass is 328 g/mol. The molecule has 124 valence electrons. The lowest BCUT2D eigenvalue weighted by Gasteiger charge is -2.61. The SMILES string of the molecule is O=C(O)CC12CC3CC(C1)CC(OCCOC(=O)CS)(C3)C2. The van der Waals surface area contributed by atoms with Gasteiger partial charge in [0.1, 0.15) is 6.61 Å². The van der Waals surface area contributed by atoms with E-state index in [2.05, 4.69) is 12.6 Å². The van der Waals surface area contributed by atoms with Gasteiger partial charge >= 0.3 is 11.9 Å². The second-order valence-corrected chi connectivity index (χ2v) is 7.76. The minimum Gasteiger partial charge on any atom is -0.481 e. The van der Waals surface area contributed by atoms with Crippen molar-refractivity contribution >= 4 is 24.6 Å². The molecule has 0 saturated heterocycles. The van der Waals surface area contributed by atoms with Crippen LogP contribution in [0, 0.1) is 17.3 Å². The van der Waals surface area contributed by atoms with Crippen LogP contribution in [-0.4, -0.2) is 41.6 Å². The number of hydrogen-bond donors (Lipinski definition) is 2. The molecule has 4 saturated carbocycles. The van der Waals surface area contributed by atoms with Crippen LogP contribution in [0.25, 0.3) is 0 Å². The van der Waals surface area contributed by atoms with Crippen molar-refractivity contribution in [2.24, 2.45) is 17.3 Å². The molecule has 4 aliphatic rings. The van der Waals surface area contributed by atoms with Crippen molar-refractivity contribution in [3.8, 4) is 0 Å². The minimum atomic E-state index is -0.695. The van der Waals surface area contributed by atoms with Gasteiger partial charge in [-0.25, -0.2) is 0 Å². The summed E-state index contributed by atoms with van der Waals surface area (Å²) in [7, 11) is 0. The van der Waals surface area contributed by atoms with Crippen molar-refractivity contribution in [3.63, 3.8) is 0 Å². The summed E-state index contributed by atoms with van der Waals surface area (Å²) >= 11 is 3.86. The molecule has 0 spiro atoms. The van der Waals surface area contributed by atoms with E-state index in [4.69, 9.17) is 9.47 Å². The quantitative estimate of drug-likeness (QED) is 0.426. The van der Waals surface area contributed by atoms with Crippen molar-refractivity contribution in [2.75, 3.05) is 19.0 Å². The Bertz CT molecular complexity index is 449. The highest BCUT2D eigenvalue weighted by atomic mass is 32.1. The summed E-state index contributed by atoms with van der Waals surface area (Å²) in [5.74, 6) is 0.248. The predicted octanol–water partition coefficient (Wildman–Crippen LogP) is 2.29. The van der Waals surface area contributed by atoms with Gasteiger partial charge in [-0.05, 0) is 55.8 Å². The molecule has 2 atom stereocenters.